The zero-order chi connectivity index (χ0) is 11.7. The number of hydrogen-bond acceptors (Lipinski definition) is 10. The van der Waals surface area contributed by atoms with Crippen molar-refractivity contribution in [1.29, 1.82) is 0 Å². The van der Waals surface area contributed by atoms with Crippen LogP contribution in [0.4, 0.5) is 0 Å². The van der Waals surface area contributed by atoms with Gasteiger partial charge >= 0.3 is 71.3 Å². The molecule has 0 atom stereocenters. The fourth-order valence-electron chi connectivity index (χ4n) is 0. The summed E-state index contributed by atoms with van der Waals surface area (Å²) in [4.78, 5) is 16.5. The van der Waals surface area contributed by atoms with Gasteiger partial charge in [0.05, 0.1) is 10.2 Å². The molecule has 0 aromatic carbocycles. The van der Waals surface area contributed by atoms with Gasteiger partial charge in [0.15, 0.2) is 0 Å². The van der Waals surface area contributed by atoms with E-state index in [0.29, 0.717) is 0 Å². The third kappa shape index (κ3) is 35500. The maximum absolute atomic E-state index is 8.59. The van der Waals surface area contributed by atoms with Crippen LogP contribution in [0, 0.1) is 72.4 Å². The van der Waals surface area contributed by atoms with Crippen molar-refractivity contribution in [2.45, 2.75) is 0 Å². The molecule has 0 saturated heterocycles. The summed E-state index contributed by atoms with van der Waals surface area (Å²) < 4.78 is 34.4. The van der Waals surface area contributed by atoms with Crippen molar-refractivity contribution < 1.29 is 92.4 Å². The van der Waals surface area contributed by atoms with Crippen LogP contribution in [0.25, 0.3) is 0 Å². The fraction of sp³-hybridized carbons (Fsp3) is 0. The molecule has 0 spiro atoms. The minimum atomic E-state index is -5.75. The zero-order valence-corrected chi connectivity index (χ0v) is 11.3. The Morgan fingerprint density at radius 1 is 0.750 bits per heavy atom. The van der Waals surface area contributed by atoms with Crippen LogP contribution in [0.1, 0.15) is 0 Å². The van der Waals surface area contributed by atoms with Crippen molar-refractivity contribution in [2.75, 3.05) is 0 Å². The van der Waals surface area contributed by atoms with Crippen LogP contribution in [-0.2, 0) is 21.2 Å². The van der Waals surface area contributed by atoms with Crippen molar-refractivity contribution >= 4 is 0 Å². The Morgan fingerprint density at radius 2 is 0.750 bits per heavy atom. The van der Waals surface area contributed by atoms with E-state index in [0.717, 1.165) is 0 Å². The topological polar surface area (TPSA) is 276 Å². The van der Waals surface area contributed by atoms with Crippen LogP contribution < -0.4 is 8.32 Å². The Kier molecular flexibility index (Phi) is 45.5. The van der Waals surface area contributed by atoms with E-state index >= 15 is 0 Å². The molecule has 0 heterocycles. The SMILES string of the molecule is O.O.O=[N+]([O-])[O-].O=[N+]([O-])[O-].[Ce+4].[O]=[Cr](=[O])([O-])[O-]. The molecule has 96 valence electrons. The third-order valence-electron chi connectivity index (χ3n) is 0. The summed E-state index contributed by atoms with van der Waals surface area (Å²) in [5.41, 5.74) is 0. The second-order valence-corrected chi connectivity index (χ2v) is 2.13. The Morgan fingerprint density at radius 3 is 0.750 bits per heavy atom. The first kappa shape index (κ1) is 36.0. The van der Waals surface area contributed by atoms with Gasteiger partial charge in [-0.25, -0.2) is 0 Å². The average molecular weight is 416 g/mol. The van der Waals surface area contributed by atoms with Gasteiger partial charge in [-0.05, 0) is 0 Å². The quantitative estimate of drug-likeness (QED) is 0.268. The van der Waals surface area contributed by atoms with Gasteiger partial charge in [0.2, 0.25) is 0 Å². The van der Waals surface area contributed by atoms with Crippen molar-refractivity contribution in [3.63, 3.8) is 0 Å². The summed E-state index contributed by atoms with van der Waals surface area (Å²) in [7, 11) is 0. The molecular formula is H4CeCrN2O12. The molecule has 0 bridgehead atoms. The van der Waals surface area contributed by atoms with E-state index < -0.39 is 23.8 Å². The number of nitrogens with zero attached hydrogens (tertiary/aromatic N) is 2. The van der Waals surface area contributed by atoms with Gasteiger partial charge in [-0.1, -0.05) is 0 Å². The molecule has 4 N–H and O–H groups in total. The van der Waals surface area contributed by atoms with Crippen LogP contribution in [0.15, 0.2) is 0 Å². The van der Waals surface area contributed by atoms with Crippen molar-refractivity contribution in [2.24, 2.45) is 0 Å². The second kappa shape index (κ2) is 20.2. The summed E-state index contributed by atoms with van der Waals surface area (Å²) in [5.74, 6) is 0. The average Bonchev–Trinajstić information content (AvgIpc) is 1.50. The first-order valence-corrected chi connectivity index (χ1v) is 3.84. The molecule has 0 radical (unpaired) electrons. The normalized spacial score (nSPS) is 6.62. The minimum absolute atomic E-state index is 0. The molecule has 16 heavy (non-hydrogen) atoms. The molecule has 0 aromatic rings. The molecule has 0 amide bonds. The molecule has 14 nitrogen and oxygen atoms in total. The monoisotopic (exact) mass is 416 g/mol. The van der Waals surface area contributed by atoms with Gasteiger partial charge < -0.3 is 41.6 Å². The fourth-order valence-corrected chi connectivity index (χ4v) is 0. The summed E-state index contributed by atoms with van der Waals surface area (Å²) in [6.45, 7) is 0. The Hall–Kier alpha value is -0.251. The van der Waals surface area contributed by atoms with E-state index in [2.05, 4.69) is 0 Å². The Balaban J connectivity index is -0.0000000216. The van der Waals surface area contributed by atoms with E-state index in [1.54, 1.807) is 0 Å². The van der Waals surface area contributed by atoms with Crippen LogP contribution in [0.5, 0.6) is 0 Å². The van der Waals surface area contributed by atoms with E-state index in [-0.39, 0.29) is 52.7 Å². The summed E-state index contributed by atoms with van der Waals surface area (Å²) in [6, 6.07) is 0. The van der Waals surface area contributed by atoms with Gasteiger partial charge in [-0.15, -0.1) is 0 Å². The molecule has 0 aliphatic carbocycles. The maximum atomic E-state index is 8.59. The molecule has 0 aromatic heterocycles. The van der Waals surface area contributed by atoms with Crippen LogP contribution in [-0.4, -0.2) is 21.1 Å². The van der Waals surface area contributed by atoms with E-state index in [1.807, 2.05) is 0 Å². The molecule has 0 rings (SSSR count). The van der Waals surface area contributed by atoms with Crippen LogP contribution >= 0.6 is 0 Å². The predicted molar refractivity (Wildman–Crippen MR) is 29.3 cm³/mol. The van der Waals surface area contributed by atoms with Crippen LogP contribution in [0.2, 0.25) is 0 Å². The predicted octanol–water partition coefficient (Wildman–Crippen LogP) is -4.75. The van der Waals surface area contributed by atoms with Gasteiger partial charge in [-0.2, -0.15) is 0 Å². The molecule has 0 aliphatic heterocycles. The van der Waals surface area contributed by atoms with E-state index in [9.17, 15) is 0 Å². The Labute approximate surface area is 122 Å². The summed E-state index contributed by atoms with van der Waals surface area (Å²) >= 11 is -5.75. The zero-order valence-electron chi connectivity index (χ0n) is 6.89. The van der Waals surface area contributed by atoms with E-state index in [4.69, 9.17) is 46.6 Å². The summed E-state index contributed by atoms with van der Waals surface area (Å²) in [5, 5.41) is 29.5. The van der Waals surface area contributed by atoms with Crippen molar-refractivity contribution in [1.82, 2.24) is 0 Å². The molecule has 0 saturated carbocycles. The standard InChI is InChI=1S/Ce.Cr.2NO3.2H2O.4O/c;;2*2-1(3)4;;;;;;/h;;;;2*1H2;;;;/q+4;;2*-1;;;;;2*-1. The molecule has 0 aliphatic rings. The third-order valence-corrected chi connectivity index (χ3v) is 0. The van der Waals surface area contributed by atoms with Gasteiger partial charge in [0, 0.05) is 0 Å². The van der Waals surface area contributed by atoms with E-state index in [1.165, 1.54) is 0 Å². The van der Waals surface area contributed by atoms with Gasteiger partial charge in [0.25, 0.3) is 0 Å². The molecule has 16 heteroatoms. The van der Waals surface area contributed by atoms with Crippen molar-refractivity contribution in [3.05, 3.63) is 30.6 Å². The number of hydrogen-bond donors (Lipinski definition) is 0. The molecule has 0 unspecified atom stereocenters. The van der Waals surface area contributed by atoms with Gasteiger partial charge in [-0.3, -0.25) is 0 Å². The second-order valence-electron chi connectivity index (χ2n) is 0.855. The van der Waals surface area contributed by atoms with Gasteiger partial charge in [0.1, 0.15) is 0 Å². The first-order chi connectivity index (χ1) is 5.46. The van der Waals surface area contributed by atoms with Crippen LogP contribution in [0.3, 0.4) is 0 Å². The first-order valence-electron chi connectivity index (χ1n) is 1.76. The molecule has 0 fully saturated rings. The summed E-state index contributed by atoms with van der Waals surface area (Å²) in [6.07, 6.45) is 0. The van der Waals surface area contributed by atoms with Crippen molar-refractivity contribution in [3.8, 4) is 0 Å². The molecular weight excluding hydrogens is 412 g/mol. The number of rotatable bonds is 0. The Bertz CT molecular complexity index is 214.